The molecule has 12 nitrogen and oxygen atoms in total. The molecule has 220 valence electrons. The van der Waals surface area contributed by atoms with E-state index in [1.54, 1.807) is 24.3 Å². The summed E-state index contributed by atoms with van der Waals surface area (Å²) in [7, 11) is 0. The first-order chi connectivity index (χ1) is 18.7. The van der Waals surface area contributed by atoms with E-state index in [0.29, 0.717) is 118 Å². The van der Waals surface area contributed by atoms with Gasteiger partial charge in [0.25, 0.3) is 0 Å². The molecule has 2 N–H and O–H groups in total. The molecule has 0 aromatic heterocycles. The Morgan fingerprint density at radius 3 is 1.18 bits per heavy atom. The normalized spacial score (nSPS) is 11.1. The number of nitrogens with one attached hydrogen (secondary N) is 1. The fraction of sp³-hybridized carbons (Fsp3) is 0.731. The molecule has 1 aromatic rings. The van der Waals surface area contributed by atoms with Crippen molar-refractivity contribution >= 4 is 11.6 Å². The Bertz CT molecular complexity index is 649. The fourth-order valence-electron chi connectivity index (χ4n) is 2.76. The van der Waals surface area contributed by atoms with Crippen LogP contribution in [0.5, 0.6) is 5.75 Å². The zero-order valence-electron chi connectivity index (χ0n) is 22.6. The highest BCUT2D eigenvalue weighted by atomic mass is 16.6. The smallest absolute Gasteiger partial charge is 0.221 e. The van der Waals surface area contributed by atoms with Crippen molar-refractivity contribution in [1.82, 2.24) is 0 Å². The van der Waals surface area contributed by atoms with Crippen LogP contribution in [0.25, 0.3) is 0 Å². The SMILES string of the molecule is CC(=O)Nc1ccc(OCCOCCOCCOCCOCCOCCOCCOCCOCCO)cc1. The summed E-state index contributed by atoms with van der Waals surface area (Å²) in [6.45, 7) is 9.63. The Kier molecular flexibility index (Phi) is 24.0. The van der Waals surface area contributed by atoms with Crippen LogP contribution in [0.3, 0.4) is 0 Å². The lowest BCUT2D eigenvalue weighted by Gasteiger charge is -2.09. The van der Waals surface area contributed by atoms with E-state index >= 15 is 0 Å². The van der Waals surface area contributed by atoms with Crippen LogP contribution in [0.1, 0.15) is 6.92 Å². The second kappa shape index (κ2) is 26.7. The number of hydrogen-bond acceptors (Lipinski definition) is 11. The minimum Gasteiger partial charge on any atom is -0.491 e. The minimum absolute atomic E-state index is 0.0238. The van der Waals surface area contributed by atoms with Crippen LogP contribution in [0.4, 0.5) is 5.69 Å². The van der Waals surface area contributed by atoms with E-state index in [1.807, 2.05) is 0 Å². The number of aliphatic hydroxyl groups is 1. The summed E-state index contributed by atoms with van der Waals surface area (Å²) in [5.74, 6) is 0.609. The first-order valence-corrected chi connectivity index (χ1v) is 13.0. The van der Waals surface area contributed by atoms with Gasteiger partial charge in [-0.25, -0.2) is 0 Å². The van der Waals surface area contributed by atoms with Crippen molar-refractivity contribution in [3.8, 4) is 5.75 Å². The largest absolute Gasteiger partial charge is 0.491 e. The summed E-state index contributed by atoms with van der Waals surface area (Å²) in [5, 5.41) is 11.3. The number of carbonyl (C=O) groups is 1. The lowest BCUT2D eigenvalue weighted by molar-refractivity contribution is -0.114. The number of aliphatic hydroxyl groups excluding tert-OH is 1. The van der Waals surface area contributed by atoms with Gasteiger partial charge in [-0.15, -0.1) is 0 Å². The molecule has 0 radical (unpaired) electrons. The van der Waals surface area contributed by atoms with Gasteiger partial charge in [-0.05, 0) is 24.3 Å². The molecule has 0 aliphatic carbocycles. The van der Waals surface area contributed by atoms with Gasteiger partial charge in [0.2, 0.25) is 5.91 Å². The molecule has 0 aliphatic rings. The number of ether oxygens (including phenoxy) is 9. The number of benzene rings is 1. The number of hydrogen-bond donors (Lipinski definition) is 2. The molecule has 1 aromatic carbocycles. The minimum atomic E-state index is -0.108. The van der Waals surface area contributed by atoms with Crippen LogP contribution in [-0.2, 0) is 42.7 Å². The third kappa shape index (κ3) is 23.3. The highest BCUT2D eigenvalue weighted by Gasteiger charge is 1.98. The summed E-state index contributed by atoms with van der Waals surface area (Å²) >= 11 is 0. The molecule has 0 atom stereocenters. The zero-order valence-corrected chi connectivity index (χ0v) is 22.6. The molecular formula is C26H45NO11. The van der Waals surface area contributed by atoms with E-state index in [2.05, 4.69) is 5.32 Å². The van der Waals surface area contributed by atoms with Crippen LogP contribution in [0.15, 0.2) is 24.3 Å². The van der Waals surface area contributed by atoms with Gasteiger partial charge < -0.3 is 53.1 Å². The lowest BCUT2D eigenvalue weighted by atomic mass is 10.3. The van der Waals surface area contributed by atoms with Crippen LogP contribution < -0.4 is 10.1 Å². The molecule has 0 heterocycles. The van der Waals surface area contributed by atoms with Crippen molar-refractivity contribution in [3.63, 3.8) is 0 Å². The van der Waals surface area contributed by atoms with E-state index in [4.69, 9.17) is 47.7 Å². The van der Waals surface area contributed by atoms with Gasteiger partial charge in [-0.3, -0.25) is 4.79 Å². The highest BCUT2D eigenvalue weighted by Crippen LogP contribution is 2.15. The second-order valence-electron chi connectivity index (χ2n) is 7.68. The van der Waals surface area contributed by atoms with Crippen LogP contribution in [0.2, 0.25) is 0 Å². The van der Waals surface area contributed by atoms with Gasteiger partial charge >= 0.3 is 0 Å². The highest BCUT2D eigenvalue weighted by molar-refractivity contribution is 5.88. The standard InChI is InChI=1S/C26H45NO11/c1-24(29)27-25-2-4-26(5-3-25)38-23-22-37-21-20-36-19-18-35-17-16-34-15-14-33-13-12-32-11-10-31-9-8-30-7-6-28/h2-5,28H,6-23H2,1H3,(H,27,29). The van der Waals surface area contributed by atoms with Gasteiger partial charge in [0.15, 0.2) is 0 Å². The molecule has 0 saturated carbocycles. The van der Waals surface area contributed by atoms with E-state index < -0.39 is 0 Å². The molecule has 38 heavy (non-hydrogen) atoms. The van der Waals surface area contributed by atoms with Crippen LogP contribution in [-0.4, -0.2) is 130 Å². The summed E-state index contributed by atoms with van der Waals surface area (Å²) in [5.41, 5.74) is 0.732. The molecule has 0 spiro atoms. The quantitative estimate of drug-likeness (QED) is 0.146. The summed E-state index contributed by atoms with van der Waals surface area (Å²) < 4.78 is 48.6. The van der Waals surface area contributed by atoms with Gasteiger partial charge in [0.1, 0.15) is 12.4 Å². The molecule has 12 heteroatoms. The van der Waals surface area contributed by atoms with Crippen molar-refractivity contribution in [2.45, 2.75) is 6.92 Å². The monoisotopic (exact) mass is 547 g/mol. The molecule has 0 saturated heterocycles. The maximum Gasteiger partial charge on any atom is 0.221 e. The first kappa shape index (κ1) is 34.2. The number of anilines is 1. The molecule has 0 unspecified atom stereocenters. The van der Waals surface area contributed by atoms with Crippen molar-refractivity contribution < 1.29 is 52.5 Å². The third-order valence-electron chi connectivity index (χ3n) is 4.51. The Balaban J connectivity index is 1.70. The molecule has 0 aliphatic heterocycles. The van der Waals surface area contributed by atoms with Crippen molar-refractivity contribution in [3.05, 3.63) is 24.3 Å². The van der Waals surface area contributed by atoms with Crippen LogP contribution >= 0.6 is 0 Å². The van der Waals surface area contributed by atoms with Crippen molar-refractivity contribution in [2.75, 3.05) is 124 Å². The summed E-state index contributed by atoms with van der Waals surface area (Å²) in [4.78, 5) is 11.0. The van der Waals surface area contributed by atoms with Gasteiger partial charge in [-0.2, -0.15) is 0 Å². The Labute approximate surface area is 225 Å². The van der Waals surface area contributed by atoms with E-state index in [1.165, 1.54) is 6.92 Å². The molecule has 0 fully saturated rings. The number of rotatable bonds is 28. The van der Waals surface area contributed by atoms with Crippen molar-refractivity contribution in [1.29, 1.82) is 0 Å². The second-order valence-corrected chi connectivity index (χ2v) is 7.68. The van der Waals surface area contributed by atoms with Crippen molar-refractivity contribution in [2.24, 2.45) is 0 Å². The summed E-state index contributed by atoms with van der Waals surface area (Å²) in [6.07, 6.45) is 0. The first-order valence-electron chi connectivity index (χ1n) is 13.0. The predicted molar refractivity (Wildman–Crippen MR) is 140 cm³/mol. The molecule has 1 amide bonds. The number of carbonyl (C=O) groups excluding carboxylic acids is 1. The Morgan fingerprint density at radius 1 is 0.553 bits per heavy atom. The zero-order chi connectivity index (χ0) is 27.4. The Hall–Kier alpha value is -1.87. The maximum absolute atomic E-state index is 11.0. The Morgan fingerprint density at radius 2 is 0.868 bits per heavy atom. The fourth-order valence-corrected chi connectivity index (χ4v) is 2.76. The van der Waals surface area contributed by atoms with E-state index in [9.17, 15) is 4.79 Å². The van der Waals surface area contributed by atoms with Crippen LogP contribution in [0, 0.1) is 0 Å². The van der Waals surface area contributed by atoms with Gasteiger partial charge in [0, 0.05) is 12.6 Å². The van der Waals surface area contributed by atoms with E-state index in [0.717, 1.165) is 5.69 Å². The molecule has 0 bridgehead atoms. The topological polar surface area (TPSA) is 132 Å². The average Bonchev–Trinajstić information content (AvgIpc) is 2.91. The van der Waals surface area contributed by atoms with Gasteiger partial charge in [0.05, 0.1) is 112 Å². The average molecular weight is 548 g/mol. The van der Waals surface area contributed by atoms with Gasteiger partial charge in [-0.1, -0.05) is 0 Å². The molecule has 1 rings (SSSR count). The maximum atomic E-state index is 11.0. The molecular weight excluding hydrogens is 502 g/mol. The predicted octanol–water partition coefficient (Wildman–Crippen LogP) is 1.15. The lowest BCUT2D eigenvalue weighted by Crippen LogP contribution is -2.15. The third-order valence-corrected chi connectivity index (χ3v) is 4.51. The van der Waals surface area contributed by atoms with E-state index in [-0.39, 0.29) is 12.5 Å². The number of amides is 1. The summed E-state index contributed by atoms with van der Waals surface area (Å²) in [6, 6.07) is 7.17.